The van der Waals surface area contributed by atoms with E-state index < -0.39 is 11.4 Å². The fourth-order valence-corrected chi connectivity index (χ4v) is 2.52. The van der Waals surface area contributed by atoms with E-state index in [9.17, 15) is 4.79 Å². The van der Waals surface area contributed by atoms with E-state index in [-0.39, 0.29) is 0 Å². The number of unbranched alkanes of at least 4 members (excludes halogenated alkanes) is 2. The molecular weight excluding hydrogens is 202 g/mol. The third kappa shape index (κ3) is 2.98. The predicted octanol–water partition coefficient (Wildman–Crippen LogP) is 3.35. The minimum Gasteiger partial charge on any atom is -0.480 e. The van der Waals surface area contributed by atoms with Crippen LogP contribution in [0.3, 0.4) is 0 Å². The van der Waals surface area contributed by atoms with Crippen LogP contribution in [0.4, 0.5) is 0 Å². The van der Waals surface area contributed by atoms with Gasteiger partial charge in [-0.15, -0.1) is 0 Å². The summed E-state index contributed by atoms with van der Waals surface area (Å²) in [6.07, 6.45) is 7.82. The summed E-state index contributed by atoms with van der Waals surface area (Å²) in [4.78, 5) is 11.1. The molecule has 0 spiro atoms. The van der Waals surface area contributed by atoms with Crippen LogP contribution < -0.4 is 0 Å². The fraction of sp³-hybridized carbons (Fsp3) is 0.846. The van der Waals surface area contributed by atoms with Gasteiger partial charge in [-0.1, -0.05) is 32.6 Å². The van der Waals surface area contributed by atoms with Crippen molar-refractivity contribution in [2.45, 2.75) is 58.3 Å². The van der Waals surface area contributed by atoms with Gasteiger partial charge in [0.05, 0.1) is 6.07 Å². The van der Waals surface area contributed by atoms with Crippen LogP contribution in [0, 0.1) is 22.7 Å². The highest BCUT2D eigenvalue weighted by Gasteiger charge is 2.42. The zero-order valence-corrected chi connectivity index (χ0v) is 10.0. The summed E-state index contributed by atoms with van der Waals surface area (Å²) < 4.78 is 0. The van der Waals surface area contributed by atoms with Crippen molar-refractivity contribution in [3.05, 3.63) is 0 Å². The molecule has 0 radical (unpaired) electrons. The van der Waals surface area contributed by atoms with Gasteiger partial charge < -0.3 is 5.11 Å². The maximum atomic E-state index is 11.1. The van der Waals surface area contributed by atoms with Crippen molar-refractivity contribution in [1.82, 2.24) is 0 Å². The van der Waals surface area contributed by atoms with Crippen molar-refractivity contribution in [3.63, 3.8) is 0 Å². The van der Waals surface area contributed by atoms with Crippen LogP contribution in [-0.4, -0.2) is 11.1 Å². The number of nitrogens with zero attached hydrogens (tertiary/aromatic N) is 1. The molecule has 1 rings (SSSR count). The summed E-state index contributed by atoms with van der Waals surface area (Å²) in [5.74, 6) is -0.283. The smallest absolute Gasteiger partial charge is 0.324 e. The SMILES string of the molecule is CCCCCC1CCC(C#N)(C(=O)O)CC1. The van der Waals surface area contributed by atoms with E-state index in [4.69, 9.17) is 10.4 Å². The van der Waals surface area contributed by atoms with E-state index in [1.807, 2.05) is 6.07 Å². The summed E-state index contributed by atoms with van der Waals surface area (Å²) in [6, 6.07) is 2.01. The molecule has 1 fully saturated rings. The number of rotatable bonds is 5. The van der Waals surface area contributed by atoms with Crippen molar-refractivity contribution in [2.24, 2.45) is 11.3 Å². The number of hydrogen-bond donors (Lipinski definition) is 1. The second-order valence-corrected chi connectivity index (χ2v) is 4.94. The van der Waals surface area contributed by atoms with Crippen LogP contribution in [0.1, 0.15) is 58.3 Å². The number of carboxylic acids is 1. The molecule has 1 saturated carbocycles. The van der Waals surface area contributed by atoms with Gasteiger partial charge in [0.2, 0.25) is 0 Å². The molecule has 0 aromatic heterocycles. The first kappa shape index (κ1) is 13.0. The van der Waals surface area contributed by atoms with Gasteiger partial charge in [-0.25, -0.2) is 0 Å². The lowest BCUT2D eigenvalue weighted by Gasteiger charge is -2.31. The first-order chi connectivity index (χ1) is 7.64. The average Bonchev–Trinajstić information content (AvgIpc) is 2.30. The predicted molar refractivity (Wildman–Crippen MR) is 61.8 cm³/mol. The van der Waals surface area contributed by atoms with Gasteiger partial charge in [0.25, 0.3) is 0 Å². The second-order valence-electron chi connectivity index (χ2n) is 4.94. The van der Waals surface area contributed by atoms with Crippen LogP contribution in [-0.2, 0) is 4.79 Å². The lowest BCUT2D eigenvalue weighted by atomic mass is 9.70. The van der Waals surface area contributed by atoms with E-state index in [1.54, 1.807) is 0 Å². The number of hydrogen-bond acceptors (Lipinski definition) is 2. The highest BCUT2D eigenvalue weighted by atomic mass is 16.4. The Morgan fingerprint density at radius 1 is 1.44 bits per heavy atom. The lowest BCUT2D eigenvalue weighted by Crippen LogP contribution is -2.34. The molecule has 3 heteroatoms. The van der Waals surface area contributed by atoms with E-state index in [0.29, 0.717) is 18.8 Å². The van der Waals surface area contributed by atoms with E-state index >= 15 is 0 Å². The molecule has 0 aromatic carbocycles. The Bertz CT molecular complexity index is 272. The molecule has 0 amide bonds. The average molecular weight is 223 g/mol. The number of nitriles is 1. The maximum Gasteiger partial charge on any atom is 0.324 e. The third-order valence-electron chi connectivity index (χ3n) is 3.80. The molecule has 0 heterocycles. The second kappa shape index (κ2) is 5.89. The monoisotopic (exact) mass is 223 g/mol. The fourth-order valence-electron chi connectivity index (χ4n) is 2.52. The van der Waals surface area contributed by atoms with E-state index in [0.717, 1.165) is 12.8 Å². The first-order valence-corrected chi connectivity index (χ1v) is 6.29. The van der Waals surface area contributed by atoms with Gasteiger partial charge in [-0.2, -0.15) is 5.26 Å². The van der Waals surface area contributed by atoms with Crippen LogP contribution in [0.2, 0.25) is 0 Å². The molecule has 16 heavy (non-hydrogen) atoms. The topological polar surface area (TPSA) is 61.1 Å². The molecule has 1 aliphatic rings. The van der Waals surface area contributed by atoms with Gasteiger partial charge in [0.1, 0.15) is 0 Å². The molecular formula is C13H21NO2. The number of carbonyl (C=O) groups is 1. The van der Waals surface area contributed by atoms with Gasteiger partial charge >= 0.3 is 5.97 Å². The zero-order valence-electron chi connectivity index (χ0n) is 10.0. The molecule has 0 unspecified atom stereocenters. The summed E-state index contributed by atoms with van der Waals surface area (Å²) in [6.45, 7) is 2.19. The summed E-state index contributed by atoms with van der Waals surface area (Å²) in [5, 5.41) is 18.0. The summed E-state index contributed by atoms with van der Waals surface area (Å²) in [5.41, 5.74) is -1.08. The molecule has 90 valence electrons. The minimum atomic E-state index is -1.08. The molecule has 1 N–H and O–H groups in total. The third-order valence-corrected chi connectivity index (χ3v) is 3.80. The zero-order chi connectivity index (χ0) is 12.0. The summed E-state index contributed by atoms with van der Waals surface area (Å²) in [7, 11) is 0. The highest BCUT2D eigenvalue weighted by Crippen LogP contribution is 2.40. The van der Waals surface area contributed by atoms with Crippen molar-refractivity contribution in [1.29, 1.82) is 5.26 Å². The van der Waals surface area contributed by atoms with Gasteiger partial charge in [-0.05, 0) is 31.6 Å². The normalized spacial score (nSPS) is 29.6. The Hall–Kier alpha value is -1.04. The van der Waals surface area contributed by atoms with Gasteiger partial charge in [-0.3, -0.25) is 4.79 Å². The molecule has 1 aliphatic carbocycles. The van der Waals surface area contributed by atoms with E-state index in [2.05, 4.69) is 6.92 Å². The quantitative estimate of drug-likeness (QED) is 0.727. The number of aliphatic carboxylic acids is 1. The lowest BCUT2D eigenvalue weighted by molar-refractivity contribution is -0.147. The molecule has 0 aromatic rings. The number of carboxylic acid groups (broad SMARTS) is 1. The van der Waals surface area contributed by atoms with Crippen molar-refractivity contribution in [2.75, 3.05) is 0 Å². The standard InChI is InChI=1S/C13H21NO2/c1-2-3-4-5-11-6-8-13(10-14,9-7-11)12(15)16/h11H,2-9H2,1H3,(H,15,16). The van der Waals surface area contributed by atoms with E-state index in [1.165, 1.54) is 25.7 Å². The Morgan fingerprint density at radius 3 is 2.50 bits per heavy atom. The van der Waals surface area contributed by atoms with Crippen molar-refractivity contribution >= 4 is 5.97 Å². The van der Waals surface area contributed by atoms with Crippen molar-refractivity contribution in [3.8, 4) is 6.07 Å². The molecule has 0 bridgehead atoms. The maximum absolute atomic E-state index is 11.1. The largest absolute Gasteiger partial charge is 0.480 e. The summed E-state index contributed by atoms with van der Waals surface area (Å²) >= 11 is 0. The molecule has 0 aliphatic heterocycles. The Kier molecular flexibility index (Phi) is 4.79. The Balaban J connectivity index is 2.38. The molecule has 0 atom stereocenters. The van der Waals surface area contributed by atoms with Crippen LogP contribution in [0.15, 0.2) is 0 Å². The minimum absolute atomic E-state index is 0.537. The Labute approximate surface area is 97.5 Å². The van der Waals surface area contributed by atoms with Gasteiger partial charge in [0, 0.05) is 0 Å². The van der Waals surface area contributed by atoms with Crippen LogP contribution in [0.25, 0.3) is 0 Å². The highest BCUT2D eigenvalue weighted by molar-refractivity contribution is 5.78. The van der Waals surface area contributed by atoms with Gasteiger partial charge in [0.15, 0.2) is 5.41 Å². The molecule has 3 nitrogen and oxygen atoms in total. The molecule has 0 saturated heterocycles. The Morgan fingerprint density at radius 2 is 2.06 bits per heavy atom. The first-order valence-electron chi connectivity index (χ1n) is 6.29. The van der Waals surface area contributed by atoms with Crippen LogP contribution in [0.5, 0.6) is 0 Å². The van der Waals surface area contributed by atoms with Crippen LogP contribution >= 0.6 is 0 Å². The van der Waals surface area contributed by atoms with Crippen molar-refractivity contribution < 1.29 is 9.90 Å².